The van der Waals surface area contributed by atoms with E-state index in [1.54, 1.807) is 14.0 Å². The number of anilines is 1. The number of nitriles is 1. The Hall–Kier alpha value is -2.86. The first-order valence-electron chi connectivity index (χ1n) is 10.7. The third-order valence-electron chi connectivity index (χ3n) is 5.88. The van der Waals surface area contributed by atoms with Crippen LogP contribution in [0.3, 0.4) is 0 Å². The van der Waals surface area contributed by atoms with Gasteiger partial charge in [0.2, 0.25) is 21.9 Å². The third kappa shape index (κ3) is 4.97. The highest BCUT2D eigenvalue weighted by atomic mass is 32.2. The van der Waals surface area contributed by atoms with Gasteiger partial charge in [0, 0.05) is 32.8 Å². The van der Waals surface area contributed by atoms with Crippen molar-refractivity contribution in [2.75, 3.05) is 31.6 Å². The molecule has 2 fully saturated rings. The van der Waals surface area contributed by atoms with Gasteiger partial charge in [-0.2, -0.15) is 19.6 Å². The Morgan fingerprint density at radius 3 is 2.85 bits per heavy atom. The van der Waals surface area contributed by atoms with Crippen molar-refractivity contribution in [1.82, 2.24) is 24.1 Å². The molecule has 2 aliphatic rings. The molecule has 0 radical (unpaired) electrons. The summed E-state index contributed by atoms with van der Waals surface area (Å²) in [6.45, 7) is 1.81. The van der Waals surface area contributed by atoms with E-state index in [-0.39, 0.29) is 48.4 Å². The van der Waals surface area contributed by atoms with Crippen LogP contribution in [0.5, 0.6) is 5.88 Å². The van der Waals surface area contributed by atoms with Gasteiger partial charge in [0.05, 0.1) is 31.6 Å². The normalized spacial score (nSPS) is 28.3. The number of hydrogen-bond acceptors (Lipinski definition) is 10. The average Bonchev–Trinajstić information content (AvgIpc) is 3.24. The van der Waals surface area contributed by atoms with Crippen molar-refractivity contribution >= 4 is 16.0 Å². The van der Waals surface area contributed by atoms with Crippen molar-refractivity contribution in [2.24, 2.45) is 7.05 Å². The number of hydrogen-bond donors (Lipinski definition) is 2. The van der Waals surface area contributed by atoms with Crippen LogP contribution >= 0.6 is 0 Å². The van der Waals surface area contributed by atoms with Crippen LogP contribution in [0.1, 0.15) is 25.3 Å². The van der Waals surface area contributed by atoms with Gasteiger partial charge in [-0.05, 0) is 13.3 Å². The number of aryl methyl sites for hydroxylation is 1. The second-order valence-electron chi connectivity index (χ2n) is 8.60. The molecule has 2 saturated heterocycles. The van der Waals surface area contributed by atoms with Gasteiger partial charge in [-0.25, -0.2) is 17.8 Å². The summed E-state index contributed by atoms with van der Waals surface area (Å²) in [4.78, 5) is 8.30. The molecule has 4 rings (SSSR count). The fourth-order valence-corrected chi connectivity index (χ4v) is 5.35. The number of alkyl halides is 1. The monoisotopic (exact) mass is 495 g/mol. The quantitative estimate of drug-likeness (QED) is 0.568. The Labute approximate surface area is 196 Å². The van der Waals surface area contributed by atoms with Gasteiger partial charge in [-0.1, -0.05) is 0 Å². The van der Waals surface area contributed by atoms with E-state index in [4.69, 9.17) is 9.47 Å². The maximum absolute atomic E-state index is 15.0. The summed E-state index contributed by atoms with van der Waals surface area (Å²) in [7, 11) is -2.25. The Bertz CT molecular complexity index is 1180. The number of ether oxygens (including phenoxy) is 2. The van der Waals surface area contributed by atoms with Crippen LogP contribution in [0.4, 0.5) is 10.3 Å². The zero-order valence-electron chi connectivity index (χ0n) is 18.8. The van der Waals surface area contributed by atoms with Gasteiger partial charge in [0.25, 0.3) is 0 Å². The topological polar surface area (TPSA) is 155 Å². The second kappa shape index (κ2) is 9.41. The maximum atomic E-state index is 15.0. The Kier molecular flexibility index (Phi) is 6.72. The lowest BCUT2D eigenvalue weighted by molar-refractivity contribution is -0.139. The summed E-state index contributed by atoms with van der Waals surface area (Å²) < 4.78 is 54.1. The highest BCUT2D eigenvalue weighted by Gasteiger charge is 2.39. The van der Waals surface area contributed by atoms with E-state index in [0.717, 1.165) is 4.31 Å². The van der Waals surface area contributed by atoms with Gasteiger partial charge >= 0.3 is 0 Å². The average molecular weight is 496 g/mol. The van der Waals surface area contributed by atoms with Crippen LogP contribution in [-0.2, 0) is 21.8 Å². The first kappa shape index (κ1) is 24.3. The molecule has 184 valence electrons. The molecule has 14 heteroatoms. The number of halogens is 1. The van der Waals surface area contributed by atoms with Crippen LogP contribution in [0, 0.1) is 11.3 Å². The zero-order chi connectivity index (χ0) is 24.5. The Morgan fingerprint density at radius 1 is 1.41 bits per heavy atom. The molecule has 0 saturated carbocycles. The van der Waals surface area contributed by atoms with Gasteiger partial charge in [-0.15, -0.1) is 0 Å². The fraction of sp³-hybridized carbons (Fsp3) is 0.600. The van der Waals surface area contributed by atoms with E-state index in [0.29, 0.717) is 13.0 Å². The van der Waals surface area contributed by atoms with E-state index >= 15 is 0 Å². The highest BCUT2D eigenvalue weighted by Crippen LogP contribution is 2.28. The van der Waals surface area contributed by atoms with Crippen LogP contribution in [0.2, 0.25) is 0 Å². The molecule has 2 aromatic heterocycles. The van der Waals surface area contributed by atoms with Crippen molar-refractivity contribution in [2.45, 2.75) is 48.6 Å². The van der Waals surface area contributed by atoms with Crippen LogP contribution < -0.4 is 10.1 Å². The summed E-state index contributed by atoms with van der Waals surface area (Å²) in [5.74, 6) is 0.0103. The molecular formula is C20H26FN7O5S. The van der Waals surface area contributed by atoms with E-state index < -0.39 is 33.9 Å². The minimum Gasteiger partial charge on any atom is -0.470 e. The predicted octanol–water partition coefficient (Wildman–Crippen LogP) is 0.214. The third-order valence-corrected chi connectivity index (χ3v) is 7.70. The number of nitrogens with one attached hydrogen (secondary N) is 1. The molecule has 34 heavy (non-hydrogen) atoms. The first-order chi connectivity index (χ1) is 16.1. The maximum Gasteiger partial charge on any atom is 0.246 e. The van der Waals surface area contributed by atoms with Crippen LogP contribution in [-0.4, -0.2) is 87.8 Å². The van der Waals surface area contributed by atoms with Crippen LogP contribution in [0.15, 0.2) is 23.5 Å². The molecule has 2 N–H and O–H groups in total. The number of piperidine rings is 1. The van der Waals surface area contributed by atoms with E-state index in [1.807, 2.05) is 6.07 Å². The molecule has 0 bridgehead atoms. The molecule has 4 atom stereocenters. The molecular weight excluding hydrogens is 469 g/mol. The van der Waals surface area contributed by atoms with E-state index in [2.05, 4.69) is 20.4 Å². The van der Waals surface area contributed by atoms with Gasteiger partial charge in [0.15, 0.2) is 0 Å². The molecule has 2 aliphatic heterocycles. The standard InChI is InChI=1S/C20H26FN7O5S/c1-20(29)12-32-6-4-17(20)33-18-13(7-22)8-23-19(26-18)25-16-3-5-28(11-15(16)21)34(30,31)14-9-24-27(2)10-14/h8-10,15-17,29H,3-6,11-12H2,1-2H3,(H,23,25,26)/t15-,16-,17-,20+/m1/s1. The number of aromatic nitrogens is 4. The lowest BCUT2D eigenvalue weighted by Gasteiger charge is -2.36. The number of rotatable bonds is 6. The van der Waals surface area contributed by atoms with Crippen molar-refractivity contribution in [3.8, 4) is 11.9 Å². The van der Waals surface area contributed by atoms with Crippen molar-refractivity contribution in [3.05, 3.63) is 24.2 Å². The predicted molar refractivity (Wildman–Crippen MR) is 116 cm³/mol. The molecule has 0 amide bonds. The van der Waals surface area contributed by atoms with Crippen molar-refractivity contribution in [1.29, 1.82) is 5.26 Å². The largest absolute Gasteiger partial charge is 0.470 e. The van der Waals surface area contributed by atoms with E-state index in [1.165, 1.54) is 23.3 Å². The minimum absolute atomic E-state index is 0.00909. The molecule has 12 nitrogen and oxygen atoms in total. The molecule has 4 heterocycles. The van der Waals surface area contributed by atoms with Crippen LogP contribution in [0.25, 0.3) is 0 Å². The summed E-state index contributed by atoms with van der Waals surface area (Å²) in [5, 5.41) is 26.6. The number of sulfonamides is 1. The SMILES string of the molecule is Cn1cc(S(=O)(=O)N2CC[C@@H](Nc3ncc(C#N)c(O[C@@H]4CCOC[C@]4(C)O)n3)[C@H](F)C2)cn1. The summed E-state index contributed by atoms with van der Waals surface area (Å²) in [6, 6.07) is 1.20. The lowest BCUT2D eigenvalue weighted by Crippen LogP contribution is -2.51. The molecule has 0 spiro atoms. The smallest absolute Gasteiger partial charge is 0.246 e. The number of nitrogens with zero attached hydrogens (tertiary/aromatic N) is 6. The summed E-state index contributed by atoms with van der Waals surface area (Å²) >= 11 is 0. The van der Waals surface area contributed by atoms with Crippen molar-refractivity contribution < 1.29 is 27.4 Å². The van der Waals surface area contributed by atoms with Gasteiger partial charge in [0.1, 0.15) is 34.4 Å². The Morgan fingerprint density at radius 2 is 2.21 bits per heavy atom. The van der Waals surface area contributed by atoms with Gasteiger partial charge < -0.3 is 19.9 Å². The highest BCUT2D eigenvalue weighted by molar-refractivity contribution is 7.89. The molecule has 2 aromatic rings. The summed E-state index contributed by atoms with van der Waals surface area (Å²) in [6.07, 6.45) is 2.26. The number of aliphatic hydroxyl groups is 1. The fourth-order valence-electron chi connectivity index (χ4n) is 3.90. The lowest BCUT2D eigenvalue weighted by atomic mass is 9.95. The summed E-state index contributed by atoms with van der Waals surface area (Å²) in [5.41, 5.74) is -1.19. The first-order valence-corrected chi connectivity index (χ1v) is 12.2. The molecule has 0 aromatic carbocycles. The zero-order valence-corrected chi connectivity index (χ0v) is 19.6. The van der Waals surface area contributed by atoms with E-state index in [9.17, 15) is 23.2 Å². The molecule has 0 unspecified atom stereocenters. The van der Waals surface area contributed by atoms with Gasteiger partial charge in [-0.3, -0.25) is 4.68 Å². The van der Waals surface area contributed by atoms with Crippen molar-refractivity contribution in [3.63, 3.8) is 0 Å². The second-order valence-corrected chi connectivity index (χ2v) is 10.5. The Balaban J connectivity index is 1.45. The minimum atomic E-state index is -3.85. The molecule has 0 aliphatic carbocycles.